The van der Waals surface area contributed by atoms with Crippen LogP contribution >= 0.6 is 0 Å². The van der Waals surface area contributed by atoms with Gasteiger partial charge in [-0.1, -0.05) is 30.3 Å². The second-order valence-corrected chi connectivity index (χ2v) is 5.39. The summed E-state index contributed by atoms with van der Waals surface area (Å²) in [7, 11) is 0. The summed E-state index contributed by atoms with van der Waals surface area (Å²) >= 11 is 0. The van der Waals surface area contributed by atoms with E-state index in [-0.39, 0.29) is 5.91 Å². The highest BCUT2D eigenvalue weighted by molar-refractivity contribution is 5.95. The average molecular weight is 269 g/mol. The summed E-state index contributed by atoms with van der Waals surface area (Å²) in [5, 5.41) is 6.79. The van der Waals surface area contributed by atoms with Crippen LogP contribution < -0.4 is 0 Å². The Bertz CT molecular complexity index is 591. The van der Waals surface area contributed by atoms with Gasteiger partial charge in [0.15, 0.2) is 0 Å². The molecule has 1 fully saturated rings. The molecule has 4 nitrogen and oxygen atoms in total. The molecule has 1 aliphatic rings. The van der Waals surface area contributed by atoms with E-state index in [4.69, 9.17) is 0 Å². The van der Waals surface area contributed by atoms with Crippen LogP contribution in [-0.4, -0.2) is 33.6 Å². The number of hydrogen-bond acceptors (Lipinski definition) is 2. The average Bonchev–Trinajstić information content (AvgIpc) is 3.08. The number of carbonyl (C=O) groups excluding carboxylic acids is 1. The molecule has 2 heterocycles. The first-order valence-electron chi connectivity index (χ1n) is 7.10. The van der Waals surface area contributed by atoms with E-state index in [0.717, 1.165) is 31.5 Å². The van der Waals surface area contributed by atoms with Gasteiger partial charge in [-0.3, -0.25) is 9.89 Å². The zero-order chi connectivity index (χ0) is 13.9. The van der Waals surface area contributed by atoms with E-state index < -0.39 is 0 Å². The maximum absolute atomic E-state index is 12.6. The maximum atomic E-state index is 12.6. The van der Waals surface area contributed by atoms with Crippen LogP contribution in [0.2, 0.25) is 0 Å². The lowest BCUT2D eigenvalue weighted by molar-refractivity contribution is 0.0736. The molecule has 0 spiro atoms. The molecule has 2 aromatic rings. The summed E-state index contributed by atoms with van der Waals surface area (Å²) in [6.07, 6.45) is 4.73. The van der Waals surface area contributed by atoms with Crippen molar-refractivity contribution in [1.82, 2.24) is 15.1 Å². The van der Waals surface area contributed by atoms with E-state index >= 15 is 0 Å². The Kier molecular flexibility index (Phi) is 3.54. The Morgan fingerprint density at radius 1 is 1.40 bits per heavy atom. The zero-order valence-corrected chi connectivity index (χ0v) is 11.7. The third-order valence-electron chi connectivity index (χ3n) is 4.01. The van der Waals surface area contributed by atoms with Gasteiger partial charge in [-0.15, -0.1) is 0 Å². The fourth-order valence-electron chi connectivity index (χ4n) is 2.92. The first-order valence-corrected chi connectivity index (χ1v) is 7.10. The van der Waals surface area contributed by atoms with Gasteiger partial charge in [-0.2, -0.15) is 5.10 Å². The highest BCUT2D eigenvalue weighted by Crippen LogP contribution is 2.23. The monoisotopic (exact) mass is 269 g/mol. The van der Waals surface area contributed by atoms with E-state index in [0.29, 0.717) is 11.6 Å². The molecular formula is C16H19N3O. The highest BCUT2D eigenvalue weighted by Gasteiger charge is 2.30. The van der Waals surface area contributed by atoms with E-state index in [9.17, 15) is 4.79 Å². The molecule has 1 unspecified atom stereocenters. The predicted octanol–water partition coefficient (Wildman–Crippen LogP) is 2.57. The Balaban J connectivity index is 1.76. The van der Waals surface area contributed by atoms with Crippen molar-refractivity contribution in [1.29, 1.82) is 0 Å². The molecule has 1 N–H and O–H groups in total. The fourth-order valence-corrected chi connectivity index (χ4v) is 2.92. The Morgan fingerprint density at radius 3 is 2.90 bits per heavy atom. The molecule has 1 aliphatic heterocycles. The second-order valence-electron chi connectivity index (χ2n) is 5.39. The summed E-state index contributed by atoms with van der Waals surface area (Å²) < 4.78 is 0. The lowest BCUT2D eigenvalue weighted by Gasteiger charge is -2.24. The minimum Gasteiger partial charge on any atom is -0.335 e. The van der Waals surface area contributed by atoms with Gasteiger partial charge in [0.25, 0.3) is 5.91 Å². The molecule has 0 aliphatic carbocycles. The van der Waals surface area contributed by atoms with Gasteiger partial charge in [0.05, 0.1) is 11.8 Å². The zero-order valence-electron chi connectivity index (χ0n) is 11.7. The lowest BCUT2D eigenvalue weighted by Crippen LogP contribution is -2.37. The fraction of sp³-hybridized carbons (Fsp3) is 0.375. The molecule has 0 bridgehead atoms. The summed E-state index contributed by atoms with van der Waals surface area (Å²) in [5.74, 6) is 0.106. The van der Waals surface area contributed by atoms with Gasteiger partial charge in [-0.25, -0.2) is 0 Å². The van der Waals surface area contributed by atoms with Gasteiger partial charge in [-0.05, 0) is 31.7 Å². The van der Waals surface area contributed by atoms with Crippen molar-refractivity contribution in [2.45, 2.75) is 32.2 Å². The van der Waals surface area contributed by atoms with E-state index in [1.807, 2.05) is 17.9 Å². The van der Waals surface area contributed by atoms with Crippen LogP contribution in [0.3, 0.4) is 0 Å². The van der Waals surface area contributed by atoms with Crippen LogP contribution in [0.4, 0.5) is 0 Å². The van der Waals surface area contributed by atoms with Gasteiger partial charge in [0.1, 0.15) is 0 Å². The van der Waals surface area contributed by atoms with Crippen LogP contribution in [0.25, 0.3) is 0 Å². The number of likely N-dealkylation sites (tertiary alicyclic amines) is 1. The number of nitrogens with one attached hydrogen (secondary N) is 1. The number of aryl methyl sites for hydroxylation is 1. The van der Waals surface area contributed by atoms with Crippen LogP contribution in [0, 0.1) is 6.92 Å². The summed E-state index contributed by atoms with van der Waals surface area (Å²) in [5.41, 5.74) is 2.84. The first kappa shape index (κ1) is 12.9. The molecule has 1 aromatic heterocycles. The third kappa shape index (κ3) is 2.46. The standard InChI is InChI=1S/C16H19N3O/c1-12-15(11-17-18-12)16(20)19-9-5-8-14(19)10-13-6-3-2-4-7-13/h2-4,6-7,11,14H,5,8-10H2,1H3,(H,17,18). The van der Waals surface area contributed by atoms with E-state index in [1.165, 1.54) is 5.56 Å². The summed E-state index contributed by atoms with van der Waals surface area (Å²) in [6.45, 7) is 2.74. The minimum absolute atomic E-state index is 0.106. The molecule has 0 radical (unpaired) electrons. The van der Waals surface area contributed by atoms with Crippen LogP contribution in [0.5, 0.6) is 0 Å². The van der Waals surface area contributed by atoms with Crippen LogP contribution in [-0.2, 0) is 6.42 Å². The Morgan fingerprint density at radius 2 is 2.20 bits per heavy atom. The molecule has 1 aromatic carbocycles. The molecule has 3 rings (SSSR count). The SMILES string of the molecule is Cc1[nH]ncc1C(=O)N1CCCC1Cc1ccccc1. The minimum atomic E-state index is 0.106. The number of aromatic nitrogens is 2. The third-order valence-corrected chi connectivity index (χ3v) is 4.01. The Labute approximate surface area is 118 Å². The van der Waals surface area contributed by atoms with Crippen molar-refractivity contribution in [2.75, 3.05) is 6.54 Å². The molecule has 1 saturated heterocycles. The molecule has 1 atom stereocenters. The van der Waals surface area contributed by atoms with Crippen molar-refractivity contribution in [3.63, 3.8) is 0 Å². The van der Waals surface area contributed by atoms with Gasteiger partial charge in [0, 0.05) is 18.3 Å². The van der Waals surface area contributed by atoms with Crippen LogP contribution in [0.15, 0.2) is 36.5 Å². The Hall–Kier alpha value is -2.10. The second kappa shape index (κ2) is 5.49. The number of amides is 1. The highest BCUT2D eigenvalue weighted by atomic mass is 16.2. The van der Waals surface area contributed by atoms with Crippen molar-refractivity contribution < 1.29 is 4.79 Å². The molecule has 104 valence electrons. The molecule has 1 amide bonds. The quantitative estimate of drug-likeness (QED) is 0.931. The van der Waals surface area contributed by atoms with Crippen molar-refractivity contribution in [3.05, 3.63) is 53.3 Å². The normalized spacial score (nSPS) is 18.4. The van der Waals surface area contributed by atoms with Gasteiger partial charge >= 0.3 is 0 Å². The van der Waals surface area contributed by atoms with Gasteiger partial charge < -0.3 is 4.90 Å². The van der Waals surface area contributed by atoms with Crippen molar-refractivity contribution in [2.24, 2.45) is 0 Å². The topological polar surface area (TPSA) is 49.0 Å². The van der Waals surface area contributed by atoms with Crippen LogP contribution in [0.1, 0.15) is 34.5 Å². The number of rotatable bonds is 3. The van der Waals surface area contributed by atoms with E-state index in [2.05, 4.69) is 34.5 Å². The smallest absolute Gasteiger partial charge is 0.257 e. The lowest BCUT2D eigenvalue weighted by atomic mass is 10.0. The number of H-pyrrole nitrogens is 1. The molecule has 20 heavy (non-hydrogen) atoms. The maximum Gasteiger partial charge on any atom is 0.257 e. The first-order chi connectivity index (χ1) is 9.75. The predicted molar refractivity (Wildman–Crippen MR) is 77.5 cm³/mol. The van der Waals surface area contributed by atoms with Gasteiger partial charge in [0.2, 0.25) is 0 Å². The number of nitrogens with zero attached hydrogens (tertiary/aromatic N) is 2. The van der Waals surface area contributed by atoms with E-state index in [1.54, 1.807) is 6.20 Å². The summed E-state index contributed by atoms with van der Waals surface area (Å²) in [6, 6.07) is 10.7. The van der Waals surface area contributed by atoms with Crippen molar-refractivity contribution in [3.8, 4) is 0 Å². The largest absolute Gasteiger partial charge is 0.335 e. The number of benzene rings is 1. The molecular weight excluding hydrogens is 250 g/mol. The summed E-state index contributed by atoms with van der Waals surface area (Å²) in [4.78, 5) is 14.6. The number of carbonyl (C=O) groups is 1. The molecule has 0 saturated carbocycles. The van der Waals surface area contributed by atoms with Crippen molar-refractivity contribution >= 4 is 5.91 Å². The molecule has 4 heteroatoms. The number of hydrogen-bond donors (Lipinski definition) is 1. The number of aromatic amines is 1.